The van der Waals surface area contributed by atoms with Crippen LogP contribution >= 0.6 is 0 Å². The largest absolute Gasteiger partial charge is 0.437 e. The zero-order valence-electron chi connectivity index (χ0n) is 31.3. The Bertz CT molecular complexity index is 3180. The van der Waals surface area contributed by atoms with Crippen LogP contribution in [0.3, 0.4) is 0 Å². The molecular weight excluding hydrogens is 687 g/mol. The van der Waals surface area contributed by atoms with Gasteiger partial charge in [0.05, 0.1) is 10.8 Å². The Kier molecular flexibility index (Phi) is 5.98. The van der Waals surface area contributed by atoms with Gasteiger partial charge in [0.1, 0.15) is 55.7 Å². The first-order chi connectivity index (χ1) is 27.6. The van der Waals surface area contributed by atoms with Crippen molar-refractivity contribution in [2.24, 2.45) is 7.05 Å². The van der Waals surface area contributed by atoms with E-state index < -0.39 is 5.66 Å². The maximum absolute atomic E-state index is 2.65. The van der Waals surface area contributed by atoms with E-state index in [2.05, 4.69) is 198 Å². The third kappa shape index (κ3) is 3.89. The van der Waals surface area contributed by atoms with E-state index in [-0.39, 0.29) is 5.92 Å². The minimum atomic E-state index is -0.666. The van der Waals surface area contributed by atoms with Gasteiger partial charge < -0.3 is 9.13 Å². The second-order valence-electron chi connectivity index (χ2n) is 16.2. The van der Waals surface area contributed by atoms with Crippen LogP contribution in [0.15, 0.2) is 158 Å². The van der Waals surface area contributed by atoms with Crippen molar-refractivity contribution in [3.05, 3.63) is 197 Å². The number of fused-ring (bicyclic) bond motifs is 20. The first-order valence-corrected chi connectivity index (χ1v) is 19.9. The molecule has 56 heavy (non-hydrogen) atoms. The smallest absolute Gasteiger partial charge is 0.337 e. The molecule has 0 fully saturated rings. The molecule has 0 saturated heterocycles. The van der Waals surface area contributed by atoms with Crippen LogP contribution in [0.5, 0.6) is 0 Å². The number of benzene rings is 5. The highest BCUT2D eigenvalue weighted by Gasteiger charge is 2.69. The molecule has 0 N–H and O–H groups in total. The van der Waals surface area contributed by atoms with Crippen LogP contribution in [0, 0.1) is 0 Å². The van der Waals surface area contributed by atoms with Gasteiger partial charge in [-0.2, -0.15) is 4.57 Å². The van der Waals surface area contributed by atoms with Crippen molar-refractivity contribution in [1.82, 2.24) is 18.5 Å². The maximum Gasteiger partial charge on any atom is 0.437 e. The van der Waals surface area contributed by atoms with Crippen molar-refractivity contribution in [3.8, 4) is 0 Å². The molecule has 13 rings (SSSR count). The summed E-state index contributed by atoms with van der Waals surface area (Å²) in [6.07, 6.45) is 10.7. The molecule has 3 aliphatic rings. The lowest BCUT2D eigenvalue weighted by Crippen LogP contribution is -2.83. The second-order valence-corrected chi connectivity index (χ2v) is 16.2. The predicted molar refractivity (Wildman–Crippen MR) is 218 cm³/mol. The van der Waals surface area contributed by atoms with Gasteiger partial charge in [-0.05, 0) is 80.5 Å². The lowest BCUT2D eigenvalue weighted by molar-refractivity contribution is -1.05. The summed E-state index contributed by atoms with van der Waals surface area (Å²) in [5.74, 6) is -0.0212. The van der Waals surface area contributed by atoms with E-state index in [9.17, 15) is 0 Å². The van der Waals surface area contributed by atoms with Crippen molar-refractivity contribution in [2.45, 2.75) is 44.2 Å². The monoisotopic (exact) mass is 726 g/mol. The average molecular weight is 727 g/mol. The summed E-state index contributed by atoms with van der Waals surface area (Å²) in [6, 6.07) is 50.0. The van der Waals surface area contributed by atoms with E-state index in [1.165, 1.54) is 82.8 Å². The predicted octanol–water partition coefficient (Wildman–Crippen LogP) is 7.31. The molecule has 0 saturated carbocycles. The fraction of sp³-hybridized carbons (Fsp3) is 0.163. The molecule has 10 aromatic rings. The second kappa shape index (κ2) is 10.9. The van der Waals surface area contributed by atoms with E-state index >= 15 is 0 Å². The lowest BCUT2D eigenvalue weighted by Gasteiger charge is -2.38. The van der Waals surface area contributed by atoms with Crippen molar-refractivity contribution in [2.75, 3.05) is 0 Å². The highest BCUT2D eigenvalue weighted by molar-refractivity contribution is 5.87. The fourth-order valence-corrected chi connectivity index (χ4v) is 11.1. The van der Waals surface area contributed by atoms with Crippen LogP contribution < -0.4 is 13.9 Å². The maximum atomic E-state index is 2.65. The van der Waals surface area contributed by atoms with Gasteiger partial charge in [0.15, 0.2) is 0 Å². The minimum Gasteiger partial charge on any atom is -0.337 e. The minimum absolute atomic E-state index is 0.0212. The van der Waals surface area contributed by atoms with Gasteiger partial charge in [-0.25, -0.2) is 0 Å². The summed E-state index contributed by atoms with van der Waals surface area (Å²) in [5.41, 5.74) is 13.9. The summed E-state index contributed by atoms with van der Waals surface area (Å²) in [5, 5.41) is 5.15. The average Bonchev–Trinajstić information content (AvgIpc) is 3.99. The van der Waals surface area contributed by atoms with Gasteiger partial charge in [-0.3, -0.25) is 0 Å². The van der Waals surface area contributed by atoms with Gasteiger partial charge >= 0.3 is 5.66 Å². The summed E-state index contributed by atoms with van der Waals surface area (Å²) in [6.45, 7) is 3.22. The zero-order chi connectivity index (χ0) is 36.7. The molecular formula is C49H40N7+3. The summed E-state index contributed by atoms with van der Waals surface area (Å²) < 4.78 is 17.8. The van der Waals surface area contributed by atoms with E-state index in [4.69, 9.17) is 0 Å². The molecule has 3 aliphatic heterocycles. The first kappa shape index (κ1) is 30.6. The van der Waals surface area contributed by atoms with Gasteiger partial charge in [-0.15, -0.1) is 9.36 Å². The molecule has 0 amide bonds. The SMILES string of the molecule is C[n+]1c2cccc1Cn1cc(c3ccccc31)C(C13c4c(cccc4Cn4c5ccccc5c[n+]41)Cn1c4ccccc4c[n+]13)Cc1cn(c3ccccc13)C2. The van der Waals surface area contributed by atoms with Gasteiger partial charge in [-0.1, -0.05) is 78.9 Å². The highest BCUT2D eigenvalue weighted by Crippen LogP contribution is 2.48. The molecule has 5 aromatic carbocycles. The zero-order valence-corrected chi connectivity index (χ0v) is 31.3. The first-order valence-electron chi connectivity index (χ1n) is 19.9. The van der Waals surface area contributed by atoms with Crippen LogP contribution in [0.25, 0.3) is 43.6 Å². The third-order valence-corrected chi connectivity index (χ3v) is 13.5. The van der Waals surface area contributed by atoms with Crippen LogP contribution in [-0.4, -0.2) is 18.5 Å². The van der Waals surface area contributed by atoms with Crippen LogP contribution in [-0.2, 0) is 45.3 Å². The summed E-state index contributed by atoms with van der Waals surface area (Å²) >= 11 is 0. The van der Waals surface area contributed by atoms with Crippen molar-refractivity contribution in [3.63, 3.8) is 0 Å². The molecule has 7 nitrogen and oxygen atoms in total. The number of rotatable bonds is 1. The number of hydrogen-bond acceptors (Lipinski definition) is 0. The molecule has 1 atom stereocenters. The van der Waals surface area contributed by atoms with E-state index in [0.717, 1.165) is 32.6 Å². The molecule has 7 heteroatoms. The number of nitrogens with zero attached hydrogens (tertiary/aromatic N) is 7. The quantitative estimate of drug-likeness (QED) is 0.159. The highest BCUT2D eigenvalue weighted by atomic mass is 15.6. The Labute approximate surface area is 323 Å². The Hall–Kier alpha value is -6.73. The van der Waals surface area contributed by atoms with Gasteiger partial charge in [0.2, 0.25) is 23.8 Å². The molecule has 0 radical (unpaired) electrons. The van der Waals surface area contributed by atoms with Crippen LogP contribution in [0.4, 0.5) is 0 Å². The van der Waals surface area contributed by atoms with Crippen molar-refractivity contribution in [1.29, 1.82) is 0 Å². The number of para-hydroxylation sites is 4. The number of pyridine rings is 1. The third-order valence-electron chi connectivity index (χ3n) is 13.5. The Morgan fingerprint density at radius 2 is 1.02 bits per heavy atom. The molecule has 0 aliphatic carbocycles. The molecule has 0 spiro atoms. The van der Waals surface area contributed by atoms with E-state index in [1.54, 1.807) is 0 Å². The normalized spacial score (nSPS) is 16.6. The number of aromatic nitrogens is 7. The molecule has 6 bridgehead atoms. The topological polar surface area (TPSA) is 31.4 Å². The Balaban J connectivity index is 1.23. The number of hydrogen-bond donors (Lipinski definition) is 0. The van der Waals surface area contributed by atoms with Crippen LogP contribution in [0.1, 0.15) is 45.1 Å². The van der Waals surface area contributed by atoms with Crippen molar-refractivity contribution < 1.29 is 13.9 Å². The Morgan fingerprint density at radius 1 is 0.500 bits per heavy atom. The lowest BCUT2D eigenvalue weighted by atomic mass is 9.73. The molecule has 5 aromatic heterocycles. The standard InChI is InChI=1S/C49H40N7/c1-50-38-16-11-17-39(50)31-52-32-42(41-19-5-9-23-47(41)52)43(24-37-25-51(30-38)46-22-8-4-18-40(37)46)49-48-35(26-53-44-20-6-2-12-33(44)28-55(49)53)14-10-15-36(48)27-54-45-21-7-3-13-34(45)29-56(49)54/h2-23,25,28-29,32,43H,24,26-27,30-31H2,1H3/q+3. The molecule has 1 unspecified atom stereocenters. The van der Waals surface area contributed by atoms with E-state index in [0.29, 0.717) is 0 Å². The summed E-state index contributed by atoms with van der Waals surface area (Å²) in [4.78, 5) is 0. The van der Waals surface area contributed by atoms with Gasteiger partial charge in [0.25, 0.3) is 0 Å². The van der Waals surface area contributed by atoms with Gasteiger partial charge in [0, 0.05) is 46.3 Å². The molecule has 268 valence electrons. The Morgan fingerprint density at radius 3 is 1.66 bits per heavy atom. The van der Waals surface area contributed by atoms with Crippen molar-refractivity contribution >= 4 is 43.6 Å². The van der Waals surface area contributed by atoms with Crippen LogP contribution in [0.2, 0.25) is 0 Å². The fourth-order valence-electron chi connectivity index (χ4n) is 11.1. The summed E-state index contributed by atoms with van der Waals surface area (Å²) in [7, 11) is 2.23. The molecule has 8 heterocycles. The van der Waals surface area contributed by atoms with E-state index in [1.807, 2.05) is 0 Å².